The van der Waals surface area contributed by atoms with Crippen LogP contribution >= 0.6 is 11.3 Å². The van der Waals surface area contributed by atoms with Crippen LogP contribution in [0.1, 0.15) is 12.0 Å². The van der Waals surface area contributed by atoms with Crippen LogP contribution in [0.4, 0.5) is 20.1 Å². The van der Waals surface area contributed by atoms with Gasteiger partial charge in [-0.3, -0.25) is 0 Å². The van der Waals surface area contributed by atoms with Crippen molar-refractivity contribution in [3.8, 4) is 10.4 Å². The van der Waals surface area contributed by atoms with Gasteiger partial charge in [-0.1, -0.05) is 29.5 Å². The predicted octanol–water partition coefficient (Wildman–Crippen LogP) is 4.63. The minimum Gasteiger partial charge on any atom is -0.331 e. The summed E-state index contributed by atoms with van der Waals surface area (Å²) in [4.78, 5) is 25.5. The largest absolute Gasteiger partial charge is 0.331 e. The van der Waals surface area contributed by atoms with Gasteiger partial charge in [0, 0.05) is 39.6 Å². The third-order valence-electron chi connectivity index (χ3n) is 5.16. The van der Waals surface area contributed by atoms with E-state index in [1.165, 1.54) is 23.5 Å². The number of hydrogen-bond acceptors (Lipinski definition) is 5. The maximum atomic E-state index is 13.1. The Balaban J connectivity index is 1.33. The first kappa shape index (κ1) is 20.3. The normalized spacial score (nSPS) is 16.0. The van der Waals surface area contributed by atoms with Crippen molar-refractivity contribution in [3.05, 3.63) is 60.2 Å². The van der Waals surface area contributed by atoms with Crippen molar-refractivity contribution in [3.63, 3.8) is 0 Å². The lowest BCUT2D eigenvalue weighted by molar-refractivity contribution is 0.180. The maximum Gasteiger partial charge on any atom is 0.319 e. The van der Waals surface area contributed by atoms with Gasteiger partial charge >= 0.3 is 6.03 Å². The van der Waals surface area contributed by atoms with Gasteiger partial charge in [-0.2, -0.15) is 0 Å². The molecule has 0 unspecified atom stereocenters. The lowest BCUT2D eigenvalue weighted by Gasteiger charge is -2.21. The molecule has 2 amide bonds. The van der Waals surface area contributed by atoms with Gasteiger partial charge in [0.2, 0.25) is 0 Å². The number of nitrogens with one attached hydrogen (secondary N) is 1. The molecule has 2 aromatic heterocycles. The molecular weight excluding hydrogens is 401 g/mol. The van der Waals surface area contributed by atoms with Crippen LogP contribution in [0, 0.1) is 11.7 Å². The van der Waals surface area contributed by atoms with E-state index in [0.717, 1.165) is 52.9 Å². The molecule has 1 fully saturated rings. The molecule has 1 N–H and O–H groups in total. The van der Waals surface area contributed by atoms with Crippen molar-refractivity contribution in [2.45, 2.75) is 12.8 Å². The summed E-state index contributed by atoms with van der Waals surface area (Å²) in [6.07, 6.45) is 5.59. The summed E-state index contributed by atoms with van der Waals surface area (Å²) in [5.74, 6) is 0.946. The Morgan fingerprint density at radius 3 is 2.70 bits per heavy atom. The van der Waals surface area contributed by atoms with Crippen LogP contribution in [0.5, 0.6) is 0 Å². The van der Waals surface area contributed by atoms with Gasteiger partial charge in [0.1, 0.15) is 11.6 Å². The molecule has 0 bridgehead atoms. The first-order valence-corrected chi connectivity index (χ1v) is 10.7. The van der Waals surface area contributed by atoms with Gasteiger partial charge in [-0.05, 0) is 48.1 Å². The highest BCUT2D eigenvalue weighted by atomic mass is 32.1. The number of urea groups is 1. The second kappa shape index (κ2) is 8.79. The van der Waals surface area contributed by atoms with Crippen LogP contribution in [0.3, 0.4) is 0 Å². The minimum absolute atomic E-state index is 0.0821. The van der Waals surface area contributed by atoms with Crippen LogP contribution in [0.2, 0.25) is 0 Å². The second-order valence-electron chi connectivity index (χ2n) is 7.70. The molecule has 3 heterocycles. The average Bonchev–Trinajstić information content (AvgIpc) is 3.39. The van der Waals surface area contributed by atoms with Crippen LogP contribution in [0.25, 0.3) is 10.4 Å². The zero-order valence-electron chi connectivity index (χ0n) is 17.0. The monoisotopic (exact) mass is 425 g/mol. The molecule has 0 radical (unpaired) electrons. The van der Waals surface area contributed by atoms with Crippen LogP contribution in [-0.4, -0.2) is 53.0 Å². The molecule has 1 saturated heterocycles. The molecule has 1 atom stereocenters. The Labute approximate surface area is 179 Å². The summed E-state index contributed by atoms with van der Waals surface area (Å²) in [6.45, 7) is 1.61. The van der Waals surface area contributed by atoms with Gasteiger partial charge in [0.15, 0.2) is 5.13 Å². The quantitative estimate of drug-likeness (QED) is 0.647. The van der Waals surface area contributed by atoms with Gasteiger partial charge in [-0.25, -0.2) is 19.2 Å². The second-order valence-corrected chi connectivity index (χ2v) is 8.73. The van der Waals surface area contributed by atoms with Crippen molar-refractivity contribution < 1.29 is 9.18 Å². The van der Waals surface area contributed by atoms with E-state index in [1.807, 2.05) is 17.2 Å². The smallest absolute Gasteiger partial charge is 0.319 e. The topological polar surface area (TPSA) is 61.4 Å². The Kier molecular flexibility index (Phi) is 5.94. The molecule has 0 spiro atoms. The van der Waals surface area contributed by atoms with Crippen LogP contribution < -0.4 is 5.32 Å². The molecule has 8 heteroatoms. The fraction of sp³-hybridized carbons (Fsp3) is 0.318. The number of amides is 2. The number of carbonyl (C=O) groups excluding carboxylic acids is 1. The van der Waals surface area contributed by atoms with Crippen molar-refractivity contribution >= 4 is 28.3 Å². The molecule has 1 aromatic carbocycles. The van der Waals surface area contributed by atoms with Crippen molar-refractivity contribution in [2.24, 2.45) is 5.92 Å². The summed E-state index contributed by atoms with van der Waals surface area (Å²) in [7, 11) is 3.58. The predicted molar refractivity (Wildman–Crippen MR) is 117 cm³/mol. The van der Waals surface area contributed by atoms with Crippen LogP contribution in [0.15, 0.2) is 48.8 Å². The minimum atomic E-state index is -0.250. The molecule has 156 valence electrons. The molecule has 6 nitrogen and oxygen atoms in total. The van der Waals surface area contributed by atoms with Gasteiger partial charge in [-0.15, -0.1) is 0 Å². The molecule has 30 heavy (non-hydrogen) atoms. The van der Waals surface area contributed by atoms with E-state index in [2.05, 4.69) is 21.4 Å². The van der Waals surface area contributed by atoms with Crippen molar-refractivity contribution in [2.75, 3.05) is 32.5 Å². The lowest BCUT2D eigenvalue weighted by atomic mass is 10.00. The standard InChI is InChI=1S/C22H24FN5OS/c1-27(2)22(29)28-10-9-16(14-28)11-15-3-8-20(24-12-15)26-21-25-13-19(30-21)17-4-6-18(23)7-5-17/h3-8,12-13,16H,9-11,14H2,1-2H3,(H,24,25,26)/t16-/m0/s1. The number of pyridine rings is 1. The number of halogens is 1. The number of nitrogens with zero attached hydrogens (tertiary/aromatic N) is 4. The first-order valence-electron chi connectivity index (χ1n) is 9.88. The molecule has 1 aliphatic heterocycles. The number of carbonyl (C=O) groups is 1. The Morgan fingerprint density at radius 1 is 1.20 bits per heavy atom. The van der Waals surface area contributed by atoms with Crippen molar-refractivity contribution in [1.82, 2.24) is 19.8 Å². The van der Waals surface area contributed by atoms with Gasteiger partial charge < -0.3 is 15.1 Å². The highest BCUT2D eigenvalue weighted by molar-refractivity contribution is 7.18. The summed E-state index contributed by atoms with van der Waals surface area (Å²) in [6, 6.07) is 10.5. The number of thiazole rings is 1. The Hall–Kier alpha value is -3.00. The van der Waals surface area contributed by atoms with E-state index in [0.29, 0.717) is 5.92 Å². The van der Waals surface area contributed by atoms with Gasteiger partial charge in [0.05, 0.1) is 4.88 Å². The summed E-state index contributed by atoms with van der Waals surface area (Å²) < 4.78 is 13.1. The highest BCUT2D eigenvalue weighted by Crippen LogP contribution is 2.30. The van der Waals surface area contributed by atoms with E-state index >= 15 is 0 Å². The third kappa shape index (κ3) is 4.76. The number of anilines is 2. The van der Waals surface area contributed by atoms with Crippen molar-refractivity contribution in [1.29, 1.82) is 0 Å². The molecular formula is C22H24FN5OS. The Bertz CT molecular complexity index is 1000. The number of likely N-dealkylation sites (tertiary alicyclic amines) is 1. The summed E-state index contributed by atoms with van der Waals surface area (Å²) >= 11 is 1.50. The third-order valence-corrected chi connectivity index (χ3v) is 6.12. The zero-order valence-corrected chi connectivity index (χ0v) is 17.8. The van der Waals surface area contributed by atoms with E-state index in [9.17, 15) is 9.18 Å². The lowest BCUT2D eigenvalue weighted by Crippen LogP contribution is -2.37. The highest BCUT2D eigenvalue weighted by Gasteiger charge is 2.27. The number of rotatable bonds is 5. The Morgan fingerprint density at radius 2 is 2.00 bits per heavy atom. The van der Waals surface area contributed by atoms with Gasteiger partial charge in [0.25, 0.3) is 0 Å². The summed E-state index contributed by atoms with van der Waals surface area (Å²) in [5, 5.41) is 3.96. The number of benzene rings is 1. The van der Waals surface area contributed by atoms with E-state index in [4.69, 9.17) is 0 Å². The molecule has 4 rings (SSSR count). The van der Waals surface area contributed by atoms with E-state index < -0.39 is 0 Å². The fourth-order valence-electron chi connectivity index (χ4n) is 3.60. The van der Waals surface area contributed by atoms with E-state index in [-0.39, 0.29) is 11.8 Å². The molecule has 1 aliphatic rings. The maximum absolute atomic E-state index is 13.1. The average molecular weight is 426 g/mol. The van der Waals surface area contributed by atoms with E-state index in [1.54, 1.807) is 37.3 Å². The number of hydrogen-bond donors (Lipinski definition) is 1. The first-order chi connectivity index (χ1) is 14.5. The molecule has 0 aliphatic carbocycles. The molecule has 0 saturated carbocycles. The summed E-state index contributed by atoms with van der Waals surface area (Å²) in [5.41, 5.74) is 2.10. The fourth-order valence-corrected chi connectivity index (χ4v) is 4.43. The zero-order chi connectivity index (χ0) is 21.1. The van der Waals surface area contributed by atoms with Crippen LogP contribution in [-0.2, 0) is 6.42 Å². The SMILES string of the molecule is CN(C)C(=O)N1CC[C@@H](Cc2ccc(Nc3ncc(-c4ccc(F)cc4)s3)nc2)C1. The number of aromatic nitrogens is 2. The molecule has 3 aromatic rings.